The summed E-state index contributed by atoms with van der Waals surface area (Å²) in [7, 11) is 0. The summed E-state index contributed by atoms with van der Waals surface area (Å²) in [5.74, 6) is 1.15. The van der Waals surface area contributed by atoms with Gasteiger partial charge in [-0.05, 0) is 12.3 Å². The number of aromatic nitrogens is 1. The van der Waals surface area contributed by atoms with E-state index in [2.05, 4.69) is 34.5 Å². The van der Waals surface area contributed by atoms with Gasteiger partial charge in [-0.3, -0.25) is 4.99 Å². The molecule has 5 heteroatoms. The van der Waals surface area contributed by atoms with Crippen molar-refractivity contribution < 1.29 is 0 Å². The summed E-state index contributed by atoms with van der Waals surface area (Å²) in [4.78, 5) is 9.02. The van der Waals surface area contributed by atoms with E-state index in [0.29, 0.717) is 5.41 Å². The maximum Gasteiger partial charge on any atom is 0.156 e. The summed E-state index contributed by atoms with van der Waals surface area (Å²) in [6.45, 7) is 8.43. The lowest BCUT2D eigenvalue weighted by atomic mass is 9.97. The van der Waals surface area contributed by atoms with Crippen LogP contribution in [0.5, 0.6) is 0 Å². The van der Waals surface area contributed by atoms with Gasteiger partial charge in [-0.25, -0.2) is 4.98 Å². The molecule has 0 aromatic carbocycles. The Kier molecular flexibility index (Phi) is 4.09. The van der Waals surface area contributed by atoms with E-state index in [1.165, 1.54) is 5.69 Å². The Balaban J connectivity index is 1.74. The van der Waals surface area contributed by atoms with Crippen LogP contribution in [0.2, 0.25) is 0 Å². The lowest BCUT2D eigenvalue weighted by Crippen LogP contribution is -2.32. The zero-order valence-electron chi connectivity index (χ0n) is 10.6. The van der Waals surface area contributed by atoms with Gasteiger partial charge in [-0.1, -0.05) is 25.6 Å². The van der Waals surface area contributed by atoms with Gasteiger partial charge in [0.2, 0.25) is 0 Å². The topological polar surface area (TPSA) is 37.3 Å². The fourth-order valence-corrected chi connectivity index (χ4v) is 3.19. The zero-order valence-corrected chi connectivity index (χ0v) is 12.2. The number of nitrogens with zero attached hydrogens (tertiary/aromatic N) is 2. The molecule has 0 atom stereocenters. The van der Waals surface area contributed by atoms with Gasteiger partial charge in [-0.2, -0.15) is 0 Å². The van der Waals surface area contributed by atoms with E-state index in [4.69, 9.17) is 0 Å². The number of thioether (sulfide) groups is 1. The minimum absolute atomic E-state index is 0.349. The fourth-order valence-electron chi connectivity index (χ4n) is 1.57. The molecule has 0 spiro atoms. The normalized spacial score (nSPS) is 18.9. The standard InChI is InChI=1S/C12H19N3S2/c1-9-15-10(6-16-9)4-5-13-11-14-7-12(2,3)8-17-11/h6H,4-5,7-8H2,1-3H3,(H,13,14). The molecule has 0 saturated carbocycles. The molecule has 17 heavy (non-hydrogen) atoms. The number of amidine groups is 1. The molecule has 3 nitrogen and oxygen atoms in total. The number of nitrogens with one attached hydrogen (secondary N) is 1. The number of aliphatic imine (C=N–C) groups is 1. The van der Waals surface area contributed by atoms with E-state index in [0.717, 1.165) is 35.4 Å². The Morgan fingerprint density at radius 2 is 2.29 bits per heavy atom. The number of hydrogen-bond acceptors (Lipinski definition) is 5. The van der Waals surface area contributed by atoms with Gasteiger partial charge in [0, 0.05) is 30.6 Å². The summed E-state index contributed by atoms with van der Waals surface area (Å²) < 4.78 is 0. The highest BCUT2D eigenvalue weighted by molar-refractivity contribution is 8.13. The molecular formula is C12H19N3S2. The zero-order chi connectivity index (χ0) is 12.3. The van der Waals surface area contributed by atoms with Crippen molar-refractivity contribution in [2.45, 2.75) is 27.2 Å². The molecule has 2 heterocycles. The second-order valence-corrected chi connectivity index (χ2v) is 7.14. The highest BCUT2D eigenvalue weighted by Crippen LogP contribution is 2.26. The lowest BCUT2D eigenvalue weighted by molar-refractivity contribution is 0.437. The molecule has 0 saturated heterocycles. The second-order valence-electron chi connectivity index (χ2n) is 5.11. The maximum absolute atomic E-state index is 4.57. The Hall–Kier alpha value is -0.550. The number of thiazole rings is 1. The Morgan fingerprint density at radius 1 is 1.47 bits per heavy atom. The van der Waals surface area contributed by atoms with Crippen molar-refractivity contribution in [2.24, 2.45) is 10.4 Å². The first-order chi connectivity index (χ1) is 8.05. The van der Waals surface area contributed by atoms with Gasteiger partial charge in [0.25, 0.3) is 0 Å². The van der Waals surface area contributed by atoms with Crippen LogP contribution >= 0.6 is 23.1 Å². The van der Waals surface area contributed by atoms with E-state index in [1.54, 1.807) is 11.3 Å². The highest BCUT2D eigenvalue weighted by atomic mass is 32.2. The largest absolute Gasteiger partial charge is 0.365 e. The van der Waals surface area contributed by atoms with Crippen molar-refractivity contribution in [3.8, 4) is 0 Å². The molecule has 94 valence electrons. The molecule has 1 aromatic rings. The molecule has 0 aliphatic carbocycles. The molecule has 2 rings (SSSR count). The van der Waals surface area contributed by atoms with Crippen LogP contribution in [0.15, 0.2) is 10.4 Å². The van der Waals surface area contributed by atoms with Gasteiger partial charge in [-0.15, -0.1) is 11.3 Å². The smallest absolute Gasteiger partial charge is 0.156 e. The van der Waals surface area contributed by atoms with Crippen LogP contribution in [0.3, 0.4) is 0 Å². The summed E-state index contributed by atoms with van der Waals surface area (Å²) in [5, 5.41) is 7.77. The lowest BCUT2D eigenvalue weighted by Gasteiger charge is -2.27. The number of aryl methyl sites for hydroxylation is 1. The highest BCUT2D eigenvalue weighted by Gasteiger charge is 2.22. The van der Waals surface area contributed by atoms with Crippen molar-refractivity contribution in [1.29, 1.82) is 0 Å². The third-order valence-electron chi connectivity index (χ3n) is 2.57. The molecule has 0 amide bonds. The summed E-state index contributed by atoms with van der Waals surface area (Å²) in [6, 6.07) is 0. The fraction of sp³-hybridized carbons (Fsp3) is 0.667. The molecule has 0 fully saturated rings. The summed E-state index contributed by atoms with van der Waals surface area (Å²) in [6.07, 6.45) is 0.979. The Labute approximate surface area is 111 Å². The van der Waals surface area contributed by atoms with E-state index in [1.807, 2.05) is 18.7 Å². The summed E-state index contributed by atoms with van der Waals surface area (Å²) in [5.41, 5.74) is 1.53. The van der Waals surface area contributed by atoms with Crippen LogP contribution in [0, 0.1) is 12.3 Å². The van der Waals surface area contributed by atoms with Crippen molar-refractivity contribution in [2.75, 3.05) is 18.8 Å². The van der Waals surface area contributed by atoms with Gasteiger partial charge >= 0.3 is 0 Å². The quantitative estimate of drug-likeness (QED) is 0.917. The molecule has 0 bridgehead atoms. The van der Waals surface area contributed by atoms with Crippen molar-refractivity contribution in [3.05, 3.63) is 16.1 Å². The first-order valence-electron chi connectivity index (χ1n) is 5.87. The third kappa shape index (κ3) is 4.00. The van der Waals surface area contributed by atoms with E-state index in [-0.39, 0.29) is 0 Å². The molecule has 1 aromatic heterocycles. The maximum atomic E-state index is 4.57. The van der Waals surface area contributed by atoms with Crippen LogP contribution in [-0.4, -0.2) is 29.0 Å². The molecular weight excluding hydrogens is 250 g/mol. The first kappa shape index (κ1) is 12.9. The van der Waals surface area contributed by atoms with Crippen LogP contribution < -0.4 is 5.32 Å². The predicted molar refractivity (Wildman–Crippen MR) is 77.1 cm³/mol. The molecule has 1 aliphatic rings. The van der Waals surface area contributed by atoms with Gasteiger partial charge in [0.15, 0.2) is 5.17 Å². The van der Waals surface area contributed by atoms with Crippen LogP contribution in [-0.2, 0) is 6.42 Å². The minimum Gasteiger partial charge on any atom is -0.365 e. The Bertz CT molecular complexity index is 410. The van der Waals surface area contributed by atoms with Crippen molar-refractivity contribution >= 4 is 28.3 Å². The SMILES string of the molecule is Cc1nc(CCNC2=NCC(C)(C)CS2)cs1. The first-order valence-corrected chi connectivity index (χ1v) is 7.74. The average molecular weight is 269 g/mol. The molecule has 0 radical (unpaired) electrons. The predicted octanol–water partition coefficient (Wildman–Crippen LogP) is 2.71. The van der Waals surface area contributed by atoms with Gasteiger partial charge < -0.3 is 5.32 Å². The average Bonchev–Trinajstić information content (AvgIpc) is 2.67. The van der Waals surface area contributed by atoms with Gasteiger partial charge in [0.1, 0.15) is 0 Å². The third-order valence-corrected chi connectivity index (χ3v) is 4.87. The van der Waals surface area contributed by atoms with Crippen LogP contribution in [0.1, 0.15) is 24.5 Å². The molecule has 1 aliphatic heterocycles. The minimum atomic E-state index is 0.349. The summed E-state index contributed by atoms with van der Waals surface area (Å²) >= 11 is 3.55. The molecule has 1 N–H and O–H groups in total. The number of hydrogen-bond donors (Lipinski definition) is 1. The monoisotopic (exact) mass is 269 g/mol. The van der Waals surface area contributed by atoms with Crippen molar-refractivity contribution in [3.63, 3.8) is 0 Å². The second kappa shape index (κ2) is 5.40. The number of rotatable bonds is 3. The van der Waals surface area contributed by atoms with E-state index in [9.17, 15) is 0 Å². The van der Waals surface area contributed by atoms with E-state index >= 15 is 0 Å². The van der Waals surface area contributed by atoms with Crippen LogP contribution in [0.4, 0.5) is 0 Å². The van der Waals surface area contributed by atoms with Crippen molar-refractivity contribution in [1.82, 2.24) is 10.3 Å². The van der Waals surface area contributed by atoms with Crippen LogP contribution in [0.25, 0.3) is 0 Å². The van der Waals surface area contributed by atoms with E-state index < -0.39 is 0 Å². The van der Waals surface area contributed by atoms with Gasteiger partial charge in [0.05, 0.1) is 10.7 Å². The Morgan fingerprint density at radius 3 is 2.88 bits per heavy atom. The molecule has 0 unspecified atom stereocenters.